The van der Waals surface area contributed by atoms with E-state index < -0.39 is 21.7 Å². The van der Waals surface area contributed by atoms with Gasteiger partial charge in [0.15, 0.2) is 0 Å². The number of amides is 2. The van der Waals surface area contributed by atoms with Crippen LogP contribution in [-0.4, -0.2) is 56.5 Å². The fraction of sp³-hybridized carbons (Fsp3) is 0.467. The van der Waals surface area contributed by atoms with Gasteiger partial charge >= 0.3 is 0 Å². The lowest BCUT2D eigenvalue weighted by Gasteiger charge is -2.18. The highest BCUT2D eigenvalue weighted by atomic mass is 32.2. The molecule has 0 bridgehead atoms. The predicted molar refractivity (Wildman–Crippen MR) is 93.2 cm³/mol. The Labute approximate surface area is 142 Å². The van der Waals surface area contributed by atoms with E-state index in [1.165, 1.54) is 4.31 Å². The van der Waals surface area contributed by atoms with Crippen molar-refractivity contribution in [2.45, 2.75) is 13.8 Å². The summed E-state index contributed by atoms with van der Waals surface area (Å²) in [5.41, 5.74) is 5.85. The molecular weight excluding hydrogens is 332 g/mol. The number of benzene rings is 1. The van der Waals surface area contributed by atoms with Gasteiger partial charge in [0.2, 0.25) is 15.9 Å². The lowest BCUT2D eigenvalue weighted by Crippen LogP contribution is -2.37. The standard InChI is InChI=1S/C15H24N4O4S/c1-3-19(4-2)24(22,23)11-14(20)18-13-8-6-5-7-12(13)15(21)17-10-9-16/h5-8H,3-4,9-11,16H2,1-2H3,(H,17,21)(H,18,20). The Bertz CT molecular complexity index is 672. The maximum Gasteiger partial charge on any atom is 0.253 e. The molecule has 0 unspecified atom stereocenters. The van der Waals surface area contributed by atoms with Crippen LogP contribution in [0, 0.1) is 0 Å². The number of anilines is 1. The molecular formula is C15H24N4O4S. The number of carbonyl (C=O) groups excluding carboxylic acids is 2. The molecule has 1 rings (SSSR count). The van der Waals surface area contributed by atoms with E-state index in [1.807, 2.05) is 0 Å². The van der Waals surface area contributed by atoms with Crippen LogP contribution < -0.4 is 16.4 Å². The summed E-state index contributed by atoms with van der Waals surface area (Å²) in [5.74, 6) is -1.75. The molecule has 0 atom stereocenters. The third kappa shape index (κ3) is 5.59. The van der Waals surface area contributed by atoms with Crippen LogP contribution in [0.4, 0.5) is 5.69 Å². The molecule has 1 aromatic carbocycles. The van der Waals surface area contributed by atoms with Gasteiger partial charge in [-0.3, -0.25) is 9.59 Å². The number of nitrogens with two attached hydrogens (primary N) is 1. The summed E-state index contributed by atoms with van der Waals surface area (Å²) in [6, 6.07) is 6.38. The van der Waals surface area contributed by atoms with E-state index in [-0.39, 0.29) is 17.2 Å². The first kappa shape index (κ1) is 20.1. The van der Waals surface area contributed by atoms with Gasteiger partial charge in [0.05, 0.1) is 11.3 Å². The molecule has 134 valence electrons. The van der Waals surface area contributed by atoms with Gasteiger partial charge < -0.3 is 16.4 Å². The zero-order valence-corrected chi connectivity index (χ0v) is 14.7. The second-order valence-corrected chi connectivity index (χ2v) is 6.95. The fourth-order valence-corrected chi connectivity index (χ4v) is 3.50. The molecule has 0 aromatic heterocycles. The van der Waals surface area contributed by atoms with Gasteiger partial charge in [-0.25, -0.2) is 12.7 Å². The number of hydrogen-bond acceptors (Lipinski definition) is 5. The minimum atomic E-state index is -3.68. The van der Waals surface area contributed by atoms with Crippen molar-refractivity contribution in [2.75, 3.05) is 37.2 Å². The fourth-order valence-electron chi connectivity index (χ4n) is 2.13. The van der Waals surface area contributed by atoms with Crippen LogP contribution in [-0.2, 0) is 14.8 Å². The van der Waals surface area contributed by atoms with Crippen molar-refractivity contribution in [1.82, 2.24) is 9.62 Å². The zero-order chi connectivity index (χ0) is 18.2. The highest BCUT2D eigenvalue weighted by molar-refractivity contribution is 7.89. The first-order valence-corrected chi connectivity index (χ1v) is 9.31. The molecule has 0 heterocycles. The van der Waals surface area contributed by atoms with Gasteiger partial charge in [0.25, 0.3) is 5.91 Å². The van der Waals surface area contributed by atoms with Crippen molar-refractivity contribution >= 4 is 27.5 Å². The highest BCUT2D eigenvalue weighted by Gasteiger charge is 2.23. The van der Waals surface area contributed by atoms with Crippen molar-refractivity contribution in [3.05, 3.63) is 29.8 Å². The Morgan fingerprint density at radius 1 is 1.17 bits per heavy atom. The summed E-state index contributed by atoms with van der Waals surface area (Å²) in [6.07, 6.45) is 0. The number of carbonyl (C=O) groups is 2. The summed E-state index contributed by atoms with van der Waals surface area (Å²) in [5, 5.41) is 5.10. The molecule has 0 aliphatic carbocycles. The number of nitrogens with one attached hydrogen (secondary N) is 2. The Morgan fingerprint density at radius 2 is 1.79 bits per heavy atom. The minimum Gasteiger partial charge on any atom is -0.351 e. The molecule has 2 amide bonds. The first-order valence-electron chi connectivity index (χ1n) is 7.70. The van der Waals surface area contributed by atoms with Gasteiger partial charge in [0, 0.05) is 26.2 Å². The van der Waals surface area contributed by atoms with Crippen LogP contribution in [0.5, 0.6) is 0 Å². The summed E-state index contributed by atoms with van der Waals surface area (Å²) >= 11 is 0. The van der Waals surface area contributed by atoms with E-state index in [1.54, 1.807) is 38.1 Å². The Hall–Kier alpha value is -1.97. The van der Waals surface area contributed by atoms with Crippen LogP contribution in [0.2, 0.25) is 0 Å². The third-order valence-electron chi connectivity index (χ3n) is 3.29. The normalized spacial score (nSPS) is 11.3. The second-order valence-electron chi connectivity index (χ2n) is 4.98. The van der Waals surface area contributed by atoms with Crippen LogP contribution >= 0.6 is 0 Å². The topological polar surface area (TPSA) is 122 Å². The van der Waals surface area contributed by atoms with Crippen LogP contribution in [0.3, 0.4) is 0 Å². The SMILES string of the molecule is CCN(CC)S(=O)(=O)CC(=O)Nc1ccccc1C(=O)NCCN. The number of sulfonamides is 1. The Balaban J connectivity index is 2.86. The van der Waals surface area contributed by atoms with E-state index in [4.69, 9.17) is 5.73 Å². The number of nitrogens with zero attached hydrogens (tertiary/aromatic N) is 1. The highest BCUT2D eigenvalue weighted by Crippen LogP contribution is 2.15. The summed E-state index contributed by atoms with van der Waals surface area (Å²) < 4.78 is 25.5. The van der Waals surface area contributed by atoms with Crippen molar-refractivity contribution in [3.8, 4) is 0 Å². The molecule has 0 aliphatic rings. The Morgan fingerprint density at radius 3 is 2.38 bits per heavy atom. The Kier molecular flexibility index (Phi) is 7.83. The number of para-hydroxylation sites is 1. The minimum absolute atomic E-state index is 0.250. The molecule has 0 spiro atoms. The van der Waals surface area contributed by atoms with Gasteiger partial charge in [0.1, 0.15) is 5.75 Å². The molecule has 0 saturated heterocycles. The van der Waals surface area contributed by atoms with E-state index in [0.29, 0.717) is 26.2 Å². The maximum atomic E-state index is 12.1. The number of hydrogen-bond donors (Lipinski definition) is 3. The van der Waals surface area contributed by atoms with Crippen LogP contribution in [0.25, 0.3) is 0 Å². The molecule has 0 saturated carbocycles. The quantitative estimate of drug-likeness (QED) is 0.574. The average molecular weight is 356 g/mol. The van der Waals surface area contributed by atoms with Crippen molar-refractivity contribution in [1.29, 1.82) is 0 Å². The van der Waals surface area contributed by atoms with Crippen molar-refractivity contribution in [2.24, 2.45) is 5.73 Å². The van der Waals surface area contributed by atoms with Gasteiger partial charge in [-0.1, -0.05) is 26.0 Å². The zero-order valence-electron chi connectivity index (χ0n) is 13.9. The van der Waals surface area contributed by atoms with Gasteiger partial charge in [-0.2, -0.15) is 0 Å². The molecule has 4 N–H and O–H groups in total. The van der Waals surface area contributed by atoms with Crippen LogP contribution in [0.1, 0.15) is 24.2 Å². The summed E-state index contributed by atoms with van der Waals surface area (Å²) in [4.78, 5) is 24.1. The second kappa shape index (κ2) is 9.36. The van der Waals surface area contributed by atoms with E-state index in [2.05, 4.69) is 10.6 Å². The predicted octanol–water partition coefficient (Wildman–Crippen LogP) is -0.0148. The maximum absolute atomic E-state index is 12.1. The lowest BCUT2D eigenvalue weighted by atomic mass is 10.1. The molecule has 8 nitrogen and oxygen atoms in total. The van der Waals surface area contributed by atoms with Crippen LogP contribution in [0.15, 0.2) is 24.3 Å². The molecule has 9 heteroatoms. The van der Waals surface area contributed by atoms with E-state index >= 15 is 0 Å². The molecule has 0 fully saturated rings. The molecule has 1 aromatic rings. The monoisotopic (exact) mass is 356 g/mol. The van der Waals surface area contributed by atoms with Crippen molar-refractivity contribution < 1.29 is 18.0 Å². The molecule has 24 heavy (non-hydrogen) atoms. The van der Waals surface area contributed by atoms with Crippen molar-refractivity contribution in [3.63, 3.8) is 0 Å². The van der Waals surface area contributed by atoms with Gasteiger partial charge in [-0.05, 0) is 12.1 Å². The molecule has 0 radical (unpaired) electrons. The smallest absolute Gasteiger partial charge is 0.253 e. The van der Waals surface area contributed by atoms with E-state index in [9.17, 15) is 18.0 Å². The summed E-state index contributed by atoms with van der Waals surface area (Å²) in [6.45, 7) is 4.60. The number of rotatable bonds is 9. The first-order chi connectivity index (χ1) is 11.4. The largest absolute Gasteiger partial charge is 0.351 e. The van der Waals surface area contributed by atoms with E-state index in [0.717, 1.165) is 0 Å². The average Bonchev–Trinajstić information content (AvgIpc) is 2.53. The third-order valence-corrected chi connectivity index (χ3v) is 5.22. The van der Waals surface area contributed by atoms with Gasteiger partial charge in [-0.15, -0.1) is 0 Å². The molecule has 0 aliphatic heterocycles. The summed E-state index contributed by atoms with van der Waals surface area (Å²) in [7, 11) is -3.68. The lowest BCUT2D eigenvalue weighted by molar-refractivity contribution is -0.113.